The van der Waals surface area contributed by atoms with Crippen LogP contribution in [-0.4, -0.2) is 12.2 Å². The Morgan fingerprint density at radius 2 is 1.70 bits per heavy atom. The van der Waals surface area contributed by atoms with E-state index in [0.29, 0.717) is 16.8 Å². The molecule has 2 aromatic rings. The Hall–Kier alpha value is -1.04. The predicted octanol–water partition coefficient (Wildman–Crippen LogP) is 4.22. The number of benzene rings is 2. The molecule has 0 aliphatic rings. The first-order chi connectivity index (χ1) is 9.60. The van der Waals surface area contributed by atoms with Crippen LogP contribution >= 0.6 is 31.9 Å². The van der Waals surface area contributed by atoms with Gasteiger partial charge in [-0.25, -0.2) is 0 Å². The first-order valence-corrected chi connectivity index (χ1v) is 7.69. The average molecular weight is 401 g/mol. The van der Waals surface area contributed by atoms with Crippen LogP contribution in [-0.2, 0) is 13.1 Å². The first-order valence-electron chi connectivity index (χ1n) is 6.10. The van der Waals surface area contributed by atoms with E-state index in [-0.39, 0.29) is 5.75 Å². The molecule has 20 heavy (non-hydrogen) atoms. The van der Waals surface area contributed by atoms with Crippen molar-refractivity contribution in [1.82, 2.24) is 5.32 Å². The minimum absolute atomic E-state index is 0.129. The van der Waals surface area contributed by atoms with Gasteiger partial charge in [-0.2, -0.15) is 0 Å². The predicted molar refractivity (Wildman–Crippen MR) is 87.0 cm³/mol. The number of methoxy groups -OCH3 is 1. The van der Waals surface area contributed by atoms with Gasteiger partial charge in [0.25, 0.3) is 0 Å². The van der Waals surface area contributed by atoms with Gasteiger partial charge >= 0.3 is 0 Å². The summed E-state index contributed by atoms with van der Waals surface area (Å²) in [5, 5.41) is 13.1. The Labute approximate surface area is 135 Å². The molecule has 0 aliphatic carbocycles. The Morgan fingerprint density at radius 3 is 2.35 bits per heavy atom. The molecular weight excluding hydrogens is 386 g/mol. The van der Waals surface area contributed by atoms with Crippen molar-refractivity contribution in [2.75, 3.05) is 7.11 Å². The van der Waals surface area contributed by atoms with Crippen LogP contribution in [0.1, 0.15) is 11.1 Å². The third-order valence-electron chi connectivity index (χ3n) is 2.88. The first kappa shape index (κ1) is 15.4. The normalized spacial score (nSPS) is 10.6. The Balaban J connectivity index is 1.97. The van der Waals surface area contributed by atoms with Gasteiger partial charge in [-0.3, -0.25) is 0 Å². The molecule has 3 nitrogen and oxygen atoms in total. The number of nitrogens with one attached hydrogen (secondary N) is 1. The zero-order chi connectivity index (χ0) is 14.5. The minimum Gasteiger partial charge on any atom is -0.503 e. The van der Waals surface area contributed by atoms with Crippen molar-refractivity contribution >= 4 is 31.9 Å². The van der Waals surface area contributed by atoms with Gasteiger partial charge in [-0.15, -0.1) is 0 Å². The number of halogens is 2. The molecule has 2 N–H and O–H groups in total. The summed E-state index contributed by atoms with van der Waals surface area (Å²) in [6.45, 7) is 1.49. The van der Waals surface area contributed by atoms with Crippen molar-refractivity contribution in [3.63, 3.8) is 0 Å². The van der Waals surface area contributed by atoms with Crippen molar-refractivity contribution < 1.29 is 9.84 Å². The summed E-state index contributed by atoms with van der Waals surface area (Å²) in [6, 6.07) is 11.9. The number of rotatable bonds is 5. The lowest BCUT2D eigenvalue weighted by molar-refractivity contribution is 0.371. The van der Waals surface area contributed by atoms with Crippen LogP contribution in [0.15, 0.2) is 45.3 Å². The van der Waals surface area contributed by atoms with Crippen LogP contribution < -0.4 is 10.1 Å². The lowest BCUT2D eigenvalue weighted by atomic mass is 10.2. The van der Waals surface area contributed by atoms with E-state index < -0.39 is 0 Å². The molecule has 0 aliphatic heterocycles. The fourth-order valence-electron chi connectivity index (χ4n) is 1.84. The quantitative estimate of drug-likeness (QED) is 0.789. The highest BCUT2D eigenvalue weighted by Crippen LogP contribution is 2.35. The van der Waals surface area contributed by atoms with E-state index in [0.717, 1.165) is 16.6 Å². The molecule has 0 fully saturated rings. The van der Waals surface area contributed by atoms with Crippen LogP contribution in [0.2, 0.25) is 0 Å². The molecule has 0 aromatic heterocycles. The second-order valence-corrected chi connectivity index (χ2v) is 6.13. The summed E-state index contributed by atoms with van der Waals surface area (Å²) in [4.78, 5) is 0. The molecular formula is C15H15Br2NO2. The standard InChI is InChI=1S/C15H15Br2NO2/c1-20-14-7-11(6-13(17)15(14)19)9-18-8-10-2-4-12(16)5-3-10/h2-7,18-19H,8-9H2,1H3. The van der Waals surface area contributed by atoms with Gasteiger partial charge in [0, 0.05) is 17.6 Å². The van der Waals surface area contributed by atoms with Crippen molar-refractivity contribution in [1.29, 1.82) is 0 Å². The number of phenols is 1. The van der Waals surface area contributed by atoms with E-state index >= 15 is 0 Å². The Kier molecular flexibility index (Phi) is 5.46. The van der Waals surface area contributed by atoms with Crippen LogP contribution in [0, 0.1) is 0 Å². The highest BCUT2D eigenvalue weighted by atomic mass is 79.9. The van der Waals surface area contributed by atoms with E-state index in [2.05, 4.69) is 49.3 Å². The van der Waals surface area contributed by atoms with Crippen molar-refractivity contribution in [3.05, 3.63) is 56.5 Å². The van der Waals surface area contributed by atoms with Crippen molar-refractivity contribution in [3.8, 4) is 11.5 Å². The molecule has 2 rings (SSSR count). The topological polar surface area (TPSA) is 41.5 Å². The maximum Gasteiger partial charge on any atom is 0.172 e. The summed E-state index contributed by atoms with van der Waals surface area (Å²) >= 11 is 6.74. The molecule has 0 saturated heterocycles. The van der Waals surface area contributed by atoms with Gasteiger partial charge in [0.2, 0.25) is 0 Å². The maximum absolute atomic E-state index is 9.75. The number of hydrogen-bond acceptors (Lipinski definition) is 3. The number of phenolic OH excluding ortho intramolecular Hbond substituents is 1. The van der Waals surface area contributed by atoms with E-state index in [1.54, 1.807) is 7.11 Å². The highest BCUT2D eigenvalue weighted by molar-refractivity contribution is 9.10. The summed E-state index contributed by atoms with van der Waals surface area (Å²) in [6.07, 6.45) is 0. The molecule has 2 aromatic carbocycles. The average Bonchev–Trinajstić information content (AvgIpc) is 2.44. The maximum atomic E-state index is 9.75. The summed E-state index contributed by atoms with van der Waals surface area (Å²) in [5.74, 6) is 0.601. The van der Waals surface area contributed by atoms with Gasteiger partial charge in [-0.1, -0.05) is 28.1 Å². The van der Waals surface area contributed by atoms with Gasteiger partial charge in [-0.05, 0) is 51.3 Å². The van der Waals surface area contributed by atoms with Crippen LogP contribution in [0.4, 0.5) is 0 Å². The SMILES string of the molecule is COc1cc(CNCc2ccc(Br)cc2)cc(Br)c1O. The van der Waals surface area contributed by atoms with Crippen molar-refractivity contribution in [2.45, 2.75) is 13.1 Å². The monoisotopic (exact) mass is 399 g/mol. The minimum atomic E-state index is 0.129. The molecule has 0 radical (unpaired) electrons. The summed E-state index contributed by atoms with van der Waals surface area (Å²) in [7, 11) is 1.54. The van der Waals surface area contributed by atoms with E-state index in [1.165, 1.54) is 5.56 Å². The van der Waals surface area contributed by atoms with Gasteiger partial charge in [0.15, 0.2) is 11.5 Å². The molecule has 5 heteroatoms. The smallest absolute Gasteiger partial charge is 0.172 e. The molecule has 0 amide bonds. The molecule has 106 valence electrons. The van der Waals surface area contributed by atoms with Gasteiger partial charge < -0.3 is 15.2 Å². The summed E-state index contributed by atoms with van der Waals surface area (Å²) in [5.41, 5.74) is 2.27. The second-order valence-electron chi connectivity index (χ2n) is 4.36. The largest absolute Gasteiger partial charge is 0.503 e. The van der Waals surface area contributed by atoms with E-state index in [1.807, 2.05) is 24.3 Å². The van der Waals surface area contributed by atoms with Gasteiger partial charge in [0.05, 0.1) is 11.6 Å². The highest BCUT2D eigenvalue weighted by Gasteiger charge is 2.08. The Morgan fingerprint density at radius 1 is 1.05 bits per heavy atom. The van der Waals surface area contributed by atoms with Crippen molar-refractivity contribution in [2.24, 2.45) is 0 Å². The number of ether oxygens (including phenoxy) is 1. The van der Waals surface area contributed by atoms with Crippen LogP contribution in [0.5, 0.6) is 11.5 Å². The molecule has 0 spiro atoms. The third-order valence-corrected chi connectivity index (χ3v) is 4.01. The van der Waals surface area contributed by atoms with Crippen LogP contribution in [0.3, 0.4) is 0 Å². The molecule has 0 bridgehead atoms. The fourth-order valence-corrected chi connectivity index (χ4v) is 2.59. The van der Waals surface area contributed by atoms with Crippen LogP contribution in [0.25, 0.3) is 0 Å². The zero-order valence-corrected chi connectivity index (χ0v) is 14.2. The lowest BCUT2D eigenvalue weighted by Gasteiger charge is -2.10. The third kappa shape index (κ3) is 3.98. The summed E-state index contributed by atoms with van der Waals surface area (Å²) < 4.78 is 6.84. The molecule has 0 saturated carbocycles. The van der Waals surface area contributed by atoms with Gasteiger partial charge in [0.1, 0.15) is 0 Å². The van der Waals surface area contributed by atoms with E-state index in [9.17, 15) is 5.11 Å². The number of hydrogen-bond donors (Lipinski definition) is 2. The molecule has 0 unspecified atom stereocenters. The zero-order valence-electron chi connectivity index (χ0n) is 11.0. The second kappa shape index (κ2) is 7.11. The molecule has 0 atom stereocenters. The van der Waals surface area contributed by atoms with E-state index in [4.69, 9.17) is 4.74 Å². The number of aromatic hydroxyl groups is 1. The molecule has 0 heterocycles. The Bertz CT molecular complexity index is 585. The lowest BCUT2D eigenvalue weighted by Crippen LogP contribution is -2.12. The fraction of sp³-hybridized carbons (Fsp3) is 0.200.